The zero-order chi connectivity index (χ0) is 22.5. The second-order valence-electron chi connectivity index (χ2n) is 6.84. The van der Waals surface area contributed by atoms with Crippen molar-refractivity contribution >= 4 is 46.6 Å². The number of ether oxygens (including phenoxy) is 1. The number of morpholine rings is 1. The van der Waals surface area contributed by atoms with E-state index < -0.39 is 5.82 Å². The van der Waals surface area contributed by atoms with E-state index in [1.807, 2.05) is 12.1 Å². The lowest BCUT2D eigenvalue weighted by atomic mass is 10.2. The molecule has 4 rings (SSSR count). The molecule has 162 valence electrons. The van der Waals surface area contributed by atoms with Crippen molar-refractivity contribution in [3.05, 3.63) is 58.8 Å². The van der Waals surface area contributed by atoms with Crippen LogP contribution in [0, 0.1) is 22.6 Å². The summed E-state index contributed by atoms with van der Waals surface area (Å²) in [5.74, 6) is 1.05. The van der Waals surface area contributed by atoms with Crippen LogP contribution >= 0.6 is 11.6 Å². The van der Waals surface area contributed by atoms with Crippen molar-refractivity contribution < 1.29 is 9.13 Å². The first-order valence-electron chi connectivity index (χ1n) is 9.66. The van der Waals surface area contributed by atoms with E-state index in [0.29, 0.717) is 36.1 Å². The zero-order valence-electron chi connectivity index (χ0n) is 16.8. The van der Waals surface area contributed by atoms with E-state index in [1.165, 1.54) is 18.6 Å². The minimum Gasteiger partial charge on any atom is -0.378 e. The molecule has 32 heavy (non-hydrogen) atoms. The molecule has 0 bridgehead atoms. The van der Waals surface area contributed by atoms with Gasteiger partial charge in [-0.3, -0.25) is 0 Å². The fourth-order valence-electron chi connectivity index (χ4n) is 3.16. The molecule has 1 aromatic carbocycles. The van der Waals surface area contributed by atoms with Crippen molar-refractivity contribution in [3.63, 3.8) is 0 Å². The van der Waals surface area contributed by atoms with Crippen LogP contribution in [0.15, 0.2) is 36.8 Å². The third kappa shape index (κ3) is 4.74. The maximum Gasteiger partial charge on any atom is 0.149 e. The second kappa shape index (κ2) is 9.55. The van der Waals surface area contributed by atoms with E-state index in [-0.39, 0.29) is 16.3 Å². The van der Waals surface area contributed by atoms with Gasteiger partial charge in [-0.1, -0.05) is 11.6 Å². The van der Waals surface area contributed by atoms with Crippen LogP contribution in [0.1, 0.15) is 11.1 Å². The average Bonchev–Trinajstić information content (AvgIpc) is 2.82. The van der Waals surface area contributed by atoms with Gasteiger partial charge in [0, 0.05) is 43.2 Å². The van der Waals surface area contributed by atoms with Crippen LogP contribution in [0.4, 0.5) is 33.2 Å². The molecule has 0 atom stereocenters. The molecular formula is C21H18ClFN8O. The summed E-state index contributed by atoms with van der Waals surface area (Å²) >= 11 is 6.15. The number of halogens is 2. The molecule has 3 aromatic rings. The highest BCUT2D eigenvalue weighted by atomic mass is 35.5. The Morgan fingerprint density at radius 1 is 1.12 bits per heavy atom. The van der Waals surface area contributed by atoms with E-state index in [9.17, 15) is 4.39 Å². The largest absolute Gasteiger partial charge is 0.378 e. The Morgan fingerprint density at radius 3 is 2.62 bits per heavy atom. The first-order chi connectivity index (χ1) is 15.6. The van der Waals surface area contributed by atoms with E-state index in [2.05, 4.69) is 30.5 Å². The monoisotopic (exact) mass is 452 g/mol. The number of nitriles is 1. The maximum atomic E-state index is 14.5. The van der Waals surface area contributed by atoms with Crippen molar-refractivity contribution in [3.8, 4) is 6.07 Å². The highest BCUT2D eigenvalue weighted by Crippen LogP contribution is 2.32. The van der Waals surface area contributed by atoms with Crippen LogP contribution < -0.4 is 15.5 Å². The predicted octanol–water partition coefficient (Wildman–Crippen LogP) is 3.86. The summed E-state index contributed by atoms with van der Waals surface area (Å²) in [4.78, 5) is 14.9. The first-order valence-corrected chi connectivity index (χ1v) is 10.0. The molecule has 1 aliphatic heterocycles. The summed E-state index contributed by atoms with van der Waals surface area (Å²) in [6.45, 7) is 2.77. The number of pyridine rings is 1. The number of aromatic nitrogens is 3. The number of nitrogens with one attached hydrogen (secondary N) is 3. The molecule has 3 heterocycles. The fourth-order valence-corrected chi connectivity index (χ4v) is 3.42. The number of rotatable bonds is 6. The topological polar surface area (TPSA) is 123 Å². The summed E-state index contributed by atoms with van der Waals surface area (Å²) in [6, 6.07) is 7.74. The van der Waals surface area contributed by atoms with Crippen LogP contribution in [-0.2, 0) is 4.74 Å². The highest BCUT2D eigenvalue weighted by molar-refractivity contribution is 6.33. The molecule has 0 saturated carbocycles. The number of benzene rings is 1. The Morgan fingerprint density at radius 2 is 1.91 bits per heavy atom. The third-order valence-corrected chi connectivity index (χ3v) is 5.06. The van der Waals surface area contributed by atoms with Gasteiger partial charge in [0.05, 0.1) is 41.2 Å². The molecule has 9 nitrogen and oxygen atoms in total. The van der Waals surface area contributed by atoms with E-state index in [4.69, 9.17) is 27.0 Å². The molecule has 0 aliphatic carbocycles. The quantitative estimate of drug-likeness (QED) is 0.482. The van der Waals surface area contributed by atoms with Crippen LogP contribution in [0.3, 0.4) is 0 Å². The van der Waals surface area contributed by atoms with Crippen molar-refractivity contribution in [2.45, 2.75) is 0 Å². The summed E-state index contributed by atoms with van der Waals surface area (Å²) in [5, 5.41) is 22.6. The number of anilines is 5. The SMILES string of the molecule is N#Cc1cc(F)c(Nc2cc(Nc3cc(N4CCOCC4)ncn3)ncc2C=N)c(Cl)c1. The summed E-state index contributed by atoms with van der Waals surface area (Å²) < 4.78 is 19.8. The third-order valence-electron chi connectivity index (χ3n) is 4.77. The number of hydrogen-bond donors (Lipinski definition) is 3. The van der Waals surface area contributed by atoms with Crippen LogP contribution in [-0.4, -0.2) is 47.5 Å². The molecule has 0 radical (unpaired) electrons. The van der Waals surface area contributed by atoms with Gasteiger partial charge in [0.2, 0.25) is 0 Å². The Bertz CT molecular complexity index is 1170. The fraction of sp³-hybridized carbons (Fsp3) is 0.190. The minimum absolute atomic E-state index is 0.00237. The average molecular weight is 453 g/mol. The van der Waals surface area contributed by atoms with Gasteiger partial charge in [0.15, 0.2) is 0 Å². The molecule has 3 N–H and O–H groups in total. The van der Waals surface area contributed by atoms with E-state index >= 15 is 0 Å². The van der Waals surface area contributed by atoms with Crippen molar-refractivity contribution in [1.82, 2.24) is 15.0 Å². The van der Waals surface area contributed by atoms with Gasteiger partial charge in [-0.05, 0) is 12.1 Å². The molecule has 0 amide bonds. The summed E-state index contributed by atoms with van der Waals surface area (Å²) in [7, 11) is 0. The van der Waals surface area contributed by atoms with Crippen molar-refractivity contribution in [2.24, 2.45) is 0 Å². The van der Waals surface area contributed by atoms with Gasteiger partial charge in [0.1, 0.15) is 29.6 Å². The lowest BCUT2D eigenvalue weighted by Crippen LogP contribution is -2.36. The summed E-state index contributed by atoms with van der Waals surface area (Å²) in [5.41, 5.74) is 0.947. The normalized spacial score (nSPS) is 13.3. The van der Waals surface area contributed by atoms with Crippen molar-refractivity contribution in [2.75, 3.05) is 41.8 Å². The van der Waals surface area contributed by atoms with Crippen LogP contribution in [0.5, 0.6) is 0 Å². The molecule has 2 aromatic heterocycles. The van der Waals surface area contributed by atoms with Gasteiger partial charge >= 0.3 is 0 Å². The second-order valence-corrected chi connectivity index (χ2v) is 7.25. The van der Waals surface area contributed by atoms with E-state index in [1.54, 1.807) is 6.07 Å². The Hall–Kier alpha value is -3.81. The van der Waals surface area contributed by atoms with Gasteiger partial charge in [-0.25, -0.2) is 19.3 Å². The molecule has 11 heteroatoms. The first kappa shape index (κ1) is 21.4. The van der Waals surface area contributed by atoms with Gasteiger partial charge in [0.25, 0.3) is 0 Å². The number of nitrogens with zero attached hydrogens (tertiary/aromatic N) is 5. The Labute approximate surface area is 188 Å². The Balaban J connectivity index is 1.59. The lowest BCUT2D eigenvalue weighted by Gasteiger charge is -2.27. The highest BCUT2D eigenvalue weighted by Gasteiger charge is 2.15. The molecule has 1 fully saturated rings. The van der Waals surface area contributed by atoms with Gasteiger partial charge in [-0.2, -0.15) is 5.26 Å². The lowest BCUT2D eigenvalue weighted by molar-refractivity contribution is 0.122. The summed E-state index contributed by atoms with van der Waals surface area (Å²) in [6.07, 6.45) is 4.02. The molecular weight excluding hydrogens is 435 g/mol. The molecule has 1 saturated heterocycles. The Kier molecular flexibility index (Phi) is 6.39. The van der Waals surface area contributed by atoms with E-state index in [0.717, 1.165) is 31.2 Å². The zero-order valence-corrected chi connectivity index (χ0v) is 17.5. The van der Waals surface area contributed by atoms with Crippen LogP contribution in [0.25, 0.3) is 0 Å². The van der Waals surface area contributed by atoms with Gasteiger partial charge in [-0.15, -0.1) is 0 Å². The standard InChI is InChI=1S/C21H18ClFN8O/c22-15-5-13(9-24)6-16(23)21(15)29-17-7-18(26-11-14(17)10-25)30-19-8-20(28-12-27-19)31-1-3-32-4-2-31/h5-8,10-12,25H,1-4H2,(H2,26,27,28,29,30). The molecule has 0 spiro atoms. The van der Waals surface area contributed by atoms with Gasteiger partial charge < -0.3 is 25.7 Å². The predicted molar refractivity (Wildman–Crippen MR) is 120 cm³/mol. The smallest absolute Gasteiger partial charge is 0.149 e. The molecule has 0 unspecified atom stereocenters. The number of hydrogen-bond acceptors (Lipinski definition) is 9. The minimum atomic E-state index is -0.678. The van der Waals surface area contributed by atoms with Crippen molar-refractivity contribution in [1.29, 1.82) is 10.7 Å². The molecule has 1 aliphatic rings. The van der Waals surface area contributed by atoms with Crippen LogP contribution in [0.2, 0.25) is 5.02 Å². The maximum absolute atomic E-state index is 14.5.